The molecule has 178 valence electrons. The maximum atomic E-state index is 14.2. The summed E-state index contributed by atoms with van der Waals surface area (Å²) in [6.07, 6.45) is 2.28. The Bertz CT molecular complexity index is 915. The molecule has 6 nitrogen and oxygen atoms in total. The number of aromatic hydroxyl groups is 1. The number of phenolic OH excluding ortho intramolecular Hbond substituents is 1. The number of rotatable bonds is 7. The summed E-state index contributed by atoms with van der Waals surface area (Å²) in [5.41, 5.74) is 1.86. The summed E-state index contributed by atoms with van der Waals surface area (Å²) in [7, 11) is 1.44. The van der Waals surface area contributed by atoms with Crippen LogP contribution in [0.2, 0.25) is 0 Å². The number of methoxy groups -OCH3 is 1. The number of anilines is 1. The molecule has 0 aromatic heterocycles. The van der Waals surface area contributed by atoms with E-state index < -0.39 is 0 Å². The van der Waals surface area contributed by atoms with Gasteiger partial charge in [0.1, 0.15) is 11.6 Å². The number of piperazine rings is 1. The molecule has 0 aliphatic carbocycles. The van der Waals surface area contributed by atoms with Gasteiger partial charge in [-0.25, -0.2) is 4.39 Å². The van der Waals surface area contributed by atoms with E-state index in [4.69, 9.17) is 4.74 Å². The lowest BCUT2D eigenvalue weighted by molar-refractivity contribution is -0.141. The van der Waals surface area contributed by atoms with Crippen molar-refractivity contribution < 1.29 is 19.0 Å². The zero-order valence-corrected chi connectivity index (χ0v) is 19.3. The number of carbonyl (C=O) groups excluding carboxylic acids is 1. The normalized spacial score (nSPS) is 22.3. The van der Waals surface area contributed by atoms with Crippen molar-refractivity contribution in [2.45, 2.75) is 31.8 Å². The average Bonchev–Trinajstić information content (AvgIpc) is 2.84. The molecule has 1 N–H and O–H groups in total. The van der Waals surface area contributed by atoms with E-state index >= 15 is 0 Å². The molecule has 0 spiro atoms. The molecular weight excluding hydrogens is 421 g/mol. The predicted molar refractivity (Wildman–Crippen MR) is 127 cm³/mol. The predicted octanol–water partition coefficient (Wildman–Crippen LogP) is 3.50. The molecule has 2 atom stereocenters. The second-order valence-electron chi connectivity index (χ2n) is 9.11. The summed E-state index contributed by atoms with van der Waals surface area (Å²) in [6, 6.07) is 14.8. The van der Waals surface area contributed by atoms with E-state index in [1.54, 1.807) is 18.2 Å². The molecule has 2 aliphatic heterocycles. The fourth-order valence-electron chi connectivity index (χ4n) is 5.27. The zero-order chi connectivity index (χ0) is 23.2. The van der Waals surface area contributed by atoms with Crippen LogP contribution in [0.1, 0.15) is 24.8 Å². The van der Waals surface area contributed by atoms with E-state index in [1.807, 2.05) is 24.3 Å². The van der Waals surface area contributed by atoms with Gasteiger partial charge in [0.15, 0.2) is 0 Å². The Morgan fingerprint density at radius 1 is 1.06 bits per heavy atom. The van der Waals surface area contributed by atoms with Crippen LogP contribution in [-0.2, 0) is 16.1 Å². The number of carbonyl (C=O) groups is 1. The molecule has 2 aromatic rings. The maximum absolute atomic E-state index is 14.2. The second kappa shape index (κ2) is 11.0. The minimum Gasteiger partial charge on any atom is -0.508 e. The van der Waals surface area contributed by atoms with Gasteiger partial charge in [-0.3, -0.25) is 14.6 Å². The van der Waals surface area contributed by atoms with Gasteiger partial charge in [0.05, 0.1) is 12.8 Å². The number of ether oxygens (including phenoxy) is 1. The first-order valence-electron chi connectivity index (χ1n) is 11.8. The summed E-state index contributed by atoms with van der Waals surface area (Å²) in [6.45, 7) is 6.15. The number of benzene rings is 2. The van der Waals surface area contributed by atoms with Crippen molar-refractivity contribution >= 4 is 11.7 Å². The van der Waals surface area contributed by atoms with Gasteiger partial charge in [-0.15, -0.1) is 0 Å². The minimum atomic E-state index is -0.163. The Kier molecular flexibility index (Phi) is 7.83. The van der Waals surface area contributed by atoms with Crippen LogP contribution in [-0.4, -0.2) is 73.3 Å². The standard InChI is InChI=1S/C26H34FN3O3/c1-33-26(32)11-8-21-19-28(18-20-6-9-22(31)10-7-20)13-12-24(21)29-14-16-30(17-15-29)25-5-3-2-4-23(25)27/h2-7,9-10,21,24,31H,8,11-19H2,1H3/t21-,24+/m0/s1. The van der Waals surface area contributed by atoms with Crippen molar-refractivity contribution in [1.82, 2.24) is 9.80 Å². The monoisotopic (exact) mass is 455 g/mol. The molecule has 2 aromatic carbocycles. The van der Waals surface area contributed by atoms with Gasteiger partial charge in [0.25, 0.3) is 0 Å². The zero-order valence-electron chi connectivity index (χ0n) is 19.3. The Morgan fingerprint density at radius 3 is 2.48 bits per heavy atom. The van der Waals surface area contributed by atoms with Gasteiger partial charge in [-0.1, -0.05) is 24.3 Å². The molecule has 0 saturated carbocycles. The fraction of sp³-hybridized carbons (Fsp3) is 0.500. The Hall–Kier alpha value is -2.64. The number of phenols is 1. The highest BCUT2D eigenvalue weighted by atomic mass is 19.1. The Morgan fingerprint density at radius 2 is 1.79 bits per heavy atom. The third-order valence-corrected chi connectivity index (χ3v) is 7.04. The quantitative estimate of drug-likeness (QED) is 0.645. The minimum absolute atomic E-state index is 0.159. The van der Waals surface area contributed by atoms with Crippen molar-refractivity contribution in [1.29, 1.82) is 0 Å². The summed E-state index contributed by atoms with van der Waals surface area (Å²) in [5, 5.41) is 9.55. The molecule has 2 aliphatic rings. The van der Waals surface area contributed by atoms with Crippen LogP contribution in [0.15, 0.2) is 48.5 Å². The topological polar surface area (TPSA) is 56.2 Å². The highest BCUT2D eigenvalue weighted by molar-refractivity contribution is 5.69. The van der Waals surface area contributed by atoms with E-state index in [1.165, 1.54) is 18.7 Å². The van der Waals surface area contributed by atoms with Crippen molar-refractivity contribution in [3.63, 3.8) is 0 Å². The number of halogens is 1. The average molecular weight is 456 g/mol. The van der Waals surface area contributed by atoms with Crippen LogP contribution >= 0.6 is 0 Å². The van der Waals surface area contributed by atoms with Gasteiger partial charge in [-0.05, 0) is 55.1 Å². The van der Waals surface area contributed by atoms with Crippen LogP contribution in [0, 0.1) is 11.7 Å². The number of likely N-dealkylation sites (tertiary alicyclic amines) is 1. The first-order chi connectivity index (χ1) is 16.0. The van der Waals surface area contributed by atoms with Crippen LogP contribution in [0.3, 0.4) is 0 Å². The molecule has 0 unspecified atom stereocenters. The van der Waals surface area contributed by atoms with Crippen LogP contribution in [0.25, 0.3) is 0 Å². The first-order valence-corrected chi connectivity index (χ1v) is 11.8. The van der Waals surface area contributed by atoms with E-state index in [-0.39, 0.29) is 17.5 Å². The maximum Gasteiger partial charge on any atom is 0.305 e. The SMILES string of the molecule is COC(=O)CC[C@H]1CN(Cc2ccc(O)cc2)CC[C@H]1N1CCN(c2ccccc2F)CC1. The van der Waals surface area contributed by atoms with Gasteiger partial charge in [-0.2, -0.15) is 0 Å². The van der Waals surface area contributed by atoms with Gasteiger partial charge < -0.3 is 14.7 Å². The third-order valence-electron chi connectivity index (χ3n) is 7.04. The van der Waals surface area contributed by atoms with E-state index in [9.17, 15) is 14.3 Å². The van der Waals surface area contributed by atoms with Crippen molar-refractivity contribution in [2.75, 3.05) is 51.3 Å². The number of nitrogens with zero attached hydrogens (tertiary/aromatic N) is 3. The number of para-hydroxylation sites is 1. The Labute approximate surface area is 195 Å². The Balaban J connectivity index is 1.39. The molecule has 4 rings (SSSR count). The second-order valence-corrected chi connectivity index (χ2v) is 9.11. The molecule has 0 bridgehead atoms. The van der Waals surface area contributed by atoms with Crippen LogP contribution < -0.4 is 4.90 Å². The molecule has 33 heavy (non-hydrogen) atoms. The third kappa shape index (κ3) is 6.03. The van der Waals surface area contributed by atoms with Crippen molar-refractivity contribution in [3.8, 4) is 5.75 Å². The number of hydrogen-bond acceptors (Lipinski definition) is 6. The highest BCUT2D eigenvalue weighted by Crippen LogP contribution is 2.29. The summed E-state index contributed by atoms with van der Waals surface area (Å²) in [5.74, 6) is 0.330. The van der Waals surface area contributed by atoms with Gasteiger partial charge in [0, 0.05) is 51.7 Å². The molecule has 0 amide bonds. The number of piperidine rings is 1. The molecular formula is C26H34FN3O3. The number of esters is 1. The fourth-order valence-corrected chi connectivity index (χ4v) is 5.27. The van der Waals surface area contributed by atoms with Crippen molar-refractivity contribution in [3.05, 3.63) is 59.9 Å². The first kappa shape index (κ1) is 23.5. The molecule has 2 heterocycles. The van der Waals surface area contributed by atoms with E-state index in [0.29, 0.717) is 24.1 Å². The summed E-state index contributed by atoms with van der Waals surface area (Å²) in [4.78, 5) is 19.0. The molecule has 7 heteroatoms. The van der Waals surface area contributed by atoms with Crippen molar-refractivity contribution in [2.24, 2.45) is 5.92 Å². The van der Waals surface area contributed by atoms with Gasteiger partial charge in [0.2, 0.25) is 0 Å². The summed E-state index contributed by atoms with van der Waals surface area (Å²) < 4.78 is 19.1. The smallest absolute Gasteiger partial charge is 0.305 e. The van der Waals surface area contributed by atoms with E-state index in [0.717, 1.165) is 58.7 Å². The lowest BCUT2D eigenvalue weighted by Crippen LogP contribution is -2.56. The summed E-state index contributed by atoms with van der Waals surface area (Å²) >= 11 is 0. The van der Waals surface area contributed by atoms with Crippen LogP contribution in [0.4, 0.5) is 10.1 Å². The highest BCUT2D eigenvalue weighted by Gasteiger charge is 2.35. The number of hydrogen-bond donors (Lipinski definition) is 1. The lowest BCUT2D eigenvalue weighted by Gasteiger charge is -2.47. The van der Waals surface area contributed by atoms with Gasteiger partial charge >= 0.3 is 5.97 Å². The molecule has 2 saturated heterocycles. The lowest BCUT2D eigenvalue weighted by atomic mass is 9.86. The largest absolute Gasteiger partial charge is 0.508 e. The van der Waals surface area contributed by atoms with E-state index in [2.05, 4.69) is 14.7 Å². The van der Waals surface area contributed by atoms with Crippen LogP contribution in [0.5, 0.6) is 5.75 Å². The molecule has 2 fully saturated rings. The molecule has 0 radical (unpaired) electrons.